The molecule has 7 heteroatoms. The van der Waals surface area contributed by atoms with Gasteiger partial charge in [-0.3, -0.25) is 4.79 Å². The summed E-state index contributed by atoms with van der Waals surface area (Å²) in [5.41, 5.74) is -2.25. The fourth-order valence-electron chi connectivity index (χ4n) is 2.29. The van der Waals surface area contributed by atoms with Crippen LogP contribution in [-0.2, 0) is 4.79 Å². The van der Waals surface area contributed by atoms with Gasteiger partial charge in [-0.1, -0.05) is 13.8 Å². The summed E-state index contributed by atoms with van der Waals surface area (Å²) in [6.07, 6.45) is -4.69. The molecule has 19 heavy (non-hydrogen) atoms. The molecule has 0 saturated carbocycles. The van der Waals surface area contributed by atoms with Gasteiger partial charge in [0.25, 0.3) is 0 Å². The highest BCUT2D eigenvalue weighted by Gasteiger charge is 2.61. The van der Waals surface area contributed by atoms with E-state index in [1.165, 1.54) is 0 Å². The van der Waals surface area contributed by atoms with Crippen LogP contribution in [0.3, 0.4) is 0 Å². The lowest BCUT2D eigenvalue weighted by Crippen LogP contribution is -2.53. The van der Waals surface area contributed by atoms with Crippen LogP contribution in [-0.4, -0.2) is 56.3 Å². The molecule has 2 N–H and O–H groups in total. The maximum atomic E-state index is 13.1. The van der Waals surface area contributed by atoms with Crippen LogP contribution in [0.5, 0.6) is 0 Å². The van der Waals surface area contributed by atoms with Crippen LogP contribution in [0, 0.1) is 5.41 Å². The minimum Gasteiger partial charge on any atom is -0.354 e. The lowest BCUT2D eigenvalue weighted by Gasteiger charge is -2.29. The number of likely N-dealkylation sites (N-methyl/N-ethyl adjacent to an activating group) is 1. The second-order valence-electron chi connectivity index (χ2n) is 4.79. The van der Waals surface area contributed by atoms with Gasteiger partial charge in [0.2, 0.25) is 5.91 Å². The van der Waals surface area contributed by atoms with Gasteiger partial charge in [-0.25, -0.2) is 0 Å². The van der Waals surface area contributed by atoms with Crippen molar-refractivity contribution in [1.82, 2.24) is 15.5 Å². The number of carbonyl (C=O) groups excluding carboxylic acids is 1. The number of hydrogen-bond acceptors (Lipinski definition) is 3. The second-order valence-corrected chi connectivity index (χ2v) is 4.79. The van der Waals surface area contributed by atoms with E-state index >= 15 is 0 Å². The zero-order valence-electron chi connectivity index (χ0n) is 11.4. The Morgan fingerprint density at radius 1 is 1.37 bits per heavy atom. The van der Waals surface area contributed by atoms with Crippen molar-refractivity contribution in [2.24, 2.45) is 5.41 Å². The maximum absolute atomic E-state index is 13.1. The Morgan fingerprint density at radius 3 is 2.42 bits per heavy atom. The van der Waals surface area contributed by atoms with Crippen molar-refractivity contribution in [2.75, 3.05) is 39.3 Å². The van der Waals surface area contributed by atoms with E-state index in [2.05, 4.69) is 10.6 Å². The molecule has 1 fully saturated rings. The second kappa shape index (κ2) is 6.56. The number of alkyl halides is 3. The number of halogens is 3. The van der Waals surface area contributed by atoms with Crippen molar-refractivity contribution >= 4 is 5.91 Å². The first kappa shape index (κ1) is 16.2. The molecular formula is C12H22F3N3O. The highest BCUT2D eigenvalue weighted by atomic mass is 19.4. The monoisotopic (exact) mass is 281 g/mol. The Bertz CT molecular complexity index is 297. The number of nitrogens with zero attached hydrogens (tertiary/aromatic N) is 1. The van der Waals surface area contributed by atoms with Gasteiger partial charge in [-0.15, -0.1) is 0 Å². The van der Waals surface area contributed by atoms with Crippen LogP contribution in [0.25, 0.3) is 0 Å². The van der Waals surface area contributed by atoms with Crippen LogP contribution < -0.4 is 10.6 Å². The van der Waals surface area contributed by atoms with Gasteiger partial charge >= 0.3 is 6.18 Å². The Morgan fingerprint density at radius 2 is 2.00 bits per heavy atom. The Kier molecular flexibility index (Phi) is 5.61. The first-order chi connectivity index (χ1) is 8.87. The molecule has 0 aromatic heterocycles. The van der Waals surface area contributed by atoms with Crippen LogP contribution in [0.1, 0.15) is 20.3 Å². The molecular weight excluding hydrogens is 259 g/mol. The summed E-state index contributed by atoms with van der Waals surface area (Å²) in [5, 5.41) is 5.06. The molecule has 0 bridgehead atoms. The number of nitrogens with one attached hydrogen (secondary N) is 2. The van der Waals surface area contributed by atoms with E-state index in [0.29, 0.717) is 6.54 Å². The van der Waals surface area contributed by atoms with Crippen molar-refractivity contribution in [3.63, 3.8) is 0 Å². The number of carbonyl (C=O) groups is 1. The van der Waals surface area contributed by atoms with Crippen molar-refractivity contribution in [3.8, 4) is 0 Å². The molecule has 0 aliphatic carbocycles. The molecule has 1 aliphatic heterocycles. The van der Waals surface area contributed by atoms with Crippen molar-refractivity contribution < 1.29 is 18.0 Å². The van der Waals surface area contributed by atoms with Gasteiger partial charge in [0, 0.05) is 19.6 Å². The van der Waals surface area contributed by atoms with Crippen LogP contribution in [0.2, 0.25) is 0 Å². The molecule has 1 unspecified atom stereocenters. The molecule has 1 heterocycles. The summed E-state index contributed by atoms with van der Waals surface area (Å²) in [5.74, 6) is -0.905. The number of amides is 1. The topological polar surface area (TPSA) is 44.4 Å². The maximum Gasteiger partial charge on any atom is 0.404 e. The minimum atomic E-state index is -4.50. The first-order valence-corrected chi connectivity index (χ1v) is 6.65. The van der Waals surface area contributed by atoms with Gasteiger partial charge in [0.1, 0.15) is 0 Å². The van der Waals surface area contributed by atoms with E-state index in [9.17, 15) is 18.0 Å². The van der Waals surface area contributed by atoms with Crippen LogP contribution >= 0.6 is 0 Å². The average molecular weight is 281 g/mol. The fourth-order valence-corrected chi connectivity index (χ4v) is 2.29. The van der Waals surface area contributed by atoms with E-state index in [1.807, 2.05) is 18.7 Å². The van der Waals surface area contributed by atoms with E-state index < -0.39 is 17.5 Å². The summed E-state index contributed by atoms with van der Waals surface area (Å²) in [6.45, 7) is 6.30. The van der Waals surface area contributed by atoms with E-state index in [1.54, 1.807) is 0 Å². The molecule has 0 aromatic carbocycles. The van der Waals surface area contributed by atoms with Crippen LogP contribution in [0.15, 0.2) is 0 Å². The zero-order valence-corrected chi connectivity index (χ0v) is 11.4. The molecule has 1 rings (SSSR count). The summed E-state index contributed by atoms with van der Waals surface area (Å²) >= 11 is 0. The first-order valence-electron chi connectivity index (χ1n) is 6.65. The Hall–Kier alpha value is -0.820. The standard InChI is InChI=1S/C12H22F3N3O/c1-3-18(4-2)8-7-17-10(19)11(12(13,14)15)5-6-16-9-11/h16H,3-9H2,1-2H3,(H,17,19). The predicted octanol–water partition coefficient (Wildman–Crippen LogP) is 0.986. The summed E-state index contributed by atoms with van der Waals surface area (Å²) in [4.78, 5) is 13.9. The smallest absolute Gasteiger partial charge is 0.354 e. The van der Waals surface area contributed by atoms with Gasteiger partial charge in [0.15, 0.2) is 5.41 Å². The molecule has 0 radical (unpaired) electrons. The molecule has 1 atom stereocenters. The third-order valence-corrected chi connectivity index (χ3v) is 3.74. The SMILES string of the molecule is CCN(CC)CCNC(=O)C1(C(F)(F)F)CCNC1. The normalized spacial score (nSPS) is 23.9. The molecule has 0 spiro atoms. The largest absolute Gasteiger partial charge is 0.404 e. The fraction of sp³-hybridized carbons (Fsp3) is 0.917. The van der Waals surface area contributed by atoms with Crippen molar-refractivity contribution in [1.29, 1.82) is 0 Å². The lowest BCUT2D eigenvalue weighted by molar-refractivity contribution is -0.216. The molecule has 1 amide bonds. The highest BCUT2D eigenvalue weighted by Crippen LogP contribution is 2.43. The lowest BCUT2D eigenvalue weighted by atomic mass is 9.85. The molecule has 1 saturated heterocycles. The van der Waals surface area contributed by atoms with Crippen LogP contribution in [0.4, 0.5) is 13.2 Å². The quantitative estimate of drug-likeness (QED) is 0.763. The third kappa shape index (κ3) is 3.60. The Labute approximate surface area is 111 Å². The molecule has 112 valence electrons. The van der Waals surface area contributed by atoms with E-state index in [-0.39, 0.29) is 26.1 Å². The molecule has 0 aromatic rings. The van der Waals surface area contributed by atoms with Crippen molar-refractivity contribution in [2.45, 2.75) is 26.4 Å². The minimum absolute atomic E-state index is 0.187. The van der Waals surface area contributed by atoms with Crippen molar-refractivity contribution in [3.05, 3.63) is 0 Å². The third-order valence-electron chi connectivity index (χ3n) is 3.74. The number of hydrogen-bond donors (Lipinski definition) is 2. The molecule has 4 nitrogen and oxygen atoms in total. The summed E-state index contributed by atoms with van der Waals surface area (Å²) < 4.78 is 39.2. The van der Waals surface area contributed by atoms with Gasteiger partial charge in [-0.05, 0) is 26.1 Å². The number of rotatable bonds is 6. The Balaban J connectivity index is 2.55. The predicted molar refractivity (Wildman–Crippen MR) is 66.8 cm³/mol. The summed E-state index contributed by atoms with van der Waals surface area (Å²) in [7, 11) is 0. The van der Waals surface area contributed by atoms with E-state index in [4.69, 9.17) is 0 Å². The van der Waals surface area contributed by atoms with Gasteiger partial charge in [-0.2, -0.15) is 13.2 Å². The highest BCUT2D eigenvalue weighted by molar-refractivity contribution is 5.84. The molecule has 1 aliphatic rings. The van der Waals surface area contributed by atoms with E-state index in [0.717, 1.165) is 13.1 Å². The average Bonchev–Trinajstić information content (AvgIpc) is 2.84. The van der Waals surface area contributed by atoms with Gasteiger partial charge < -0.3 is 15.5 Å². The van der Waals surface area contributed by atoms with Gasteiger partial charge in [0.05, 0.1) is 0 Å². The summed E-state index contributed by atoms with van der Waals surface area (Å²) in [6, 6.07) is 0. The zero-order chi connectivity index (χ0) is 14.5.